The molecule has 4 atom stereocenters. The summed E-state index contributed by atoms with van der Waals surface area (Å²) in [6.07, 6.45) is 2.37. The maximum atomic E-state index is 12.3. The minimum atomic E-state index is -3.42. The molecule has 3 aliphatic heterocycles. The fraction of sp³-hybridized carbons (Fsp3) is 0.600. The summed E-state index contributed by atoms with van der Waals surface area (Å²) in [5, 5.41) is 11.1. The van der Waals surface area contributed by atoms with E-state index in [2.05, 4.69) is 16.8 Å². The van der Waals surface area contributed by atoms with Crippen molar-refractivity contribution in [2.45, 2.75) is 24.5 Å². The first-order valence-corrected chi connectivity index (χ1v) is 9.84. The third-order valence-electron chi connectivity index (χ3n) is 5.37. The Hall–Kier alpha value is -1.71. The molecule has 3 heterocycles. The van der Waals surface area contributed by atoms with Gasteiger partial charge in [0, 0.05) is 37.7 Å². The van der Waals surface area contributed by atoms with E-state index in [1.807, 2.05) is 0 Å². The zero-order chi connectivity index (χ0) is 17.2. The third kappa shape index (κ3) is 2.38. The number of nitrogens with zero attached hydrogens (tertiary/aromatic N) is 4. The number of fused-ring (bicyclic) bond motifs is 3. The molecule has 0 aliphatic carbocycles. The second-order valence-electron chi connectivity index (χ2n) is 6.94. The van der Waals surface area contributed by atoms with Gasteiger partial charge in [-0.2, -0.15) is 0 Å². The monoisotopic (exact) mass is 352 g/mol. The summed E-state index contributed by atoms with van der Waals surface area (Å²) in [6.45, 7) is 2.60. The molecule has 0 amide bonds. The molecular weight excluding hydrogens is 332 g/mol. The van der Waals surface area contributed by atoms with Crippen molar-refractivity contribution in [1.82, 2.24) is 9.80 Å². The molecule has 3 aliphatic rings. The highest BCUT2D eigenvalue weighted by atomic mass is 32.2. The number of anilines is 1. The molecule has 0 saturated carbocycles. The topological polar surface area (TPSA) is 86.8 Å². The minimum Gasteiger partial charge on any atom is -0.287 e. The Morgan fingerprint density at radius 2 is 2.00 bits per heavy atom. The fourth-order valence-electron chi connectivity index (χ4n) is 4.18. The summed E-state index contributed by atoms with van der Waals surface area (Å²) in [5.74, 6) is -0.0163. The maximum Gasteiger partial charge on any atom is 0.269 e. The van der Waals surface area contributed by atoms with Crippen molar-refractivity contribution in [3.8, 4) is 0 Å². The maximum absolute atomic E-state index is 12.3. The SMILES string of the molecule is CN1CC1N1CCC2C(C1)c1cc([N+](=O)[O-])ccc1N2S(C)(=O)=O. The van der Waals surface area contributed by atoms with Gasteiger partial charge in [-0.05, 0) is 25.1 Å². The Morgan fingerprint density at radius 1 is 1.29 bits per heavy atom. The Kier molecular flexibility index (Phi) is 3.38. The summed E-state index contributed by atoms with van der Waals surface area (Å²) in [7, 11) is -1.36. The van der Waals surface area contributed by atoms with Gasteiger partial charge in [0.25, 0.3) is 5.69 Å². The molecule has 0 bridgehead atoms. The number of likely N-dealkylation sites (N-methyl/N-ethyl adjacent to an activating group) is 1. The number of hydrogen-bond acceptors (Lipinski definition) is 6. The van der Waals surface area contributed by atoms with Gasteiger partial charge in [0.2, 0.25) is 10.0 Å². The number of nitro groups is 1. The summed E-state index contributed by atoms with van der Waals surface area (Å²) in [6, 6.07) is 4.39. The van der Waals surface area contributed by atoms with Crippen molar-refractivity contribution in [2.75, 3.05) is 37.2 Å². The summed E-state index contributed by atoms with van der Waals surface area (Å²) >= 11 is 0. The van der Waals surface area contributed by atoms with Crippen LogP contribution < -0.4 is 4.31 Å². The Labute approximate surface area is 140 Å². The van der Waals surface area contributed by atoms with E-state index < -0.39 is 14.9 Å². The molecule has 0 aromatic heterocycles. The van der Waals surface area contributed by atoms with Crippen LogP contribution in [0.1, 0.15) is 17.9 Å². The first-order valence-electron chi connectivity index (χ1n) is 7.99. The van der Waals surface area contributed by atoms with Gasteiger partial charge in [-0.15, -0.1) is 0 Å². The molecular formula is C15H20N4O4S. The van der Waals surface area contributed by atoms with Gasteiger partial charge in [0.15, 0.2) is 0 Å². The second-order valence-corrected chi connectivity index (χ2v) is 8.80. The van der Waals surface area contributed by atoms with E-state index in [1.165, 1.54) is 16.6 Å². The Bertz CT molecular complexity index is 812. The lowest BCUT2D eigenvalue weighted by Crippen LogP contribution is -2.49. The number of hydrogen-bond donors (Lipinski definition) is 0. The number of non-ortho nitro benzene ring substituents is 1. The van der Waals surface area contributed by atoms with Gasteiger partial charge < -0.3 is 0 Å². The van der Waals surface area contributed by atoms with Crippen molar-refractivity contribution in [2.24, 2.45) is 0 Å². The van der Waals surface area contributed by atoms with Crippen LogP contribution >= 0.6 is 0 Å². The van der Waals surface area contributed by atoms with E-state index in [1.54, 1.807) is 12.1 Å². The number of likely N-dealkylation sites (tertiary alicyclic amines) is 1. The van der Waals surface area contributed by atoms with Crippen LogP contribution in [0.25, 0.3) is 0 Å². The first kappa shape index (κ1) is 15.8. The van der Waals surface area contributed by atoms with Gasteiger partial charge in [-0.3, -0.25) is 24.2 Å². The normalized spacial score (nSPS) is 32.3. The van der Waals surface area contributed by atoms with Gasteiger partial charge in [-0.25, -0.2) is 8.42 Å². The third-order valence-corrected chi connectivity index (χ3v) is 6.56. The zero-order valence-corrected chi connectivity index (χ0v) is 14.4. The van der Waals surface area contributed by atoms with Crippen LogP contribution in [0.5, 0.6) is 0 Å². The van der Waals surface area contributed by atoms with E-state index in [4.69, 9.17) is 0 Å². The number of piperidine rings is 1. The molecule has 1 aromatic rings. The van der Waals surface area contributed by atoms with Gasteiger partial charge in [-0.1, -0.05) is 0 Å². The standard InChI is InChI=1S/C15H20N4O4S/c1-16-9-15(16)17-6-5-14-12(8-17)11-7-10(19(20)21)3-4-13(11)18(14)24(2,22)23/h3-4,7,12,14-15H,5-6,8-9H2,1-2H3. The zero-order valence-electron chi connectivity index (χ0n) is 13.6. The van der Waals surface area contributed by atoms with Crippen molar-refractivity contribution in [3.05, 3.63) is 33.9 Å². The number of benzene rings is 1. The van der Waals surface area contributed by atoms with E-state index in [0.717, 1.165) is 31.6 Å². The van der Waals surface area contributed by atoms with E-state index in [-0.39, 0.29) is 17.6 Å². The summed E-state index contributed by atoms with van der Waals surface area (Å²) in [4.78, 5) is 15.3. The molecule has 9 heteroatoms. The lowest BCUT2D eigenvalue weighted by Gasteiger charge is -2.38. The van der Waals surface area contributed by atoms with Gasteiger partial charge >= 0.3 is 0 Å². The van der Waals surface area contributed by atoms with Crippen molar-refractivity contribution in [1.29, 1.82) is 0 Å². The molecule has 8 nitrogen and oxygen atoms in total. The molecule has 24 heavy (non-hydrogen) atoms. The van der Waals surface area contributed by atoms with Crippen molar-refractivity contribution < 1.29 is 13.3 Å². The Morgan fingerprint density at radius 3 is 2.58 bits per heavy atom. The number of sulfonamides is 1. The highest BCUT2D eigenvalue weighted by molar-refractivity contribution is 7.92. The van der Waals surface area contributed by atoms with Crippen LogP contribution in [-0.2, 0) is 10.0 Å². The predicted molar refractivity (Wildman–Crippen MR) is 89.6 cm³/mol. The lowest BCUT2D eigenvalue weighted by molar-refractivity contribution is -0.384. The highest BCUT2D eigenvalue weighted by Crippen LogP contribution is 2.47. The molecule has 4 unspecified atom stereocenters. The quantitative estimate of drug-likeness (QED) is 0.454. The van der Waals surface area contributed by atoms with Crippen molar-refractivity contribution in [3.63, 3.8) is 0 Å². The van der Waals surface area contributed by atoms with Gasteiger partial charge in [0.1, 0.15) is 0 Å². The highest BCUT2D eigenvalue weighted by Gasteiger charge is 2.49. The predicted octanol–water partition coefficient (Wildman–Crippen LogP) is 0.804. The van der Waals surface area contributed by atoms with Crippen LogP contribution in [0.15, 0.2) is 18.2 Å². The molecule has 4 rings (SSSR count). The second kappa shape index (κ2) is 5.14. The summed E-state index contributed by atoms with van der Waals surface area (Å²) < 4.78 is 26.1. The van der Waals surface area contributed by atoms with Gasteiger partial charge in [0.05, 0.1) is 29.1 Å². The number of rotatable bonds is 3. The lowest BCUT2D eigenvalue weighted by atomic mass is 9.89. The smallest absolute Gasteiger partial charge is 0.269 e. The first-order chi connectivity index (χ1) is 11.3. The van der Waals surface area contributed by atoms with Crippen molar-refractivity contribution >= 4 is 21.4 Å². The summed E-state index contributed by atoms with van der Waals surface area (Å²) in [5.41, 5.74) is 1.40. The molecule has 0 N–H and O–H groups in total. The fourth-order valence-corrected chi connectivity index (χ4v) is 5.45. The molecule has 2 fully saturated rings. The van der Waals surface area contributed by atoms with Crippen LogP contribution in [0.4, 0.5) is 11.4 Å². The molecule has 2 saturated heterocycles. The molecule has 1 aromatic carbocycles. The molecule has 0 radical (unpaired) electrons. The average molecular weight is 352 g/mol. The van der Waals surface area contributed by atoms with Crippen LogP contribution in [-0.4, -0.2) is 68.3 Å². The van der Waals surface area contributed by atoms with Crippen LogP contribution in [0, 0.1) is 10.1 Å². The number of nitro benzene ring substituents is 1. The average Bonchev–Trinajstić information content (AvgIpc) is 3.14. The largest absolute Gasteiger partial charge is 0.287 e. The van der Waals surface area contributed by atoms with Crippen LogP contribution in [0.3, 0.4) is 0 Å². The van der Waals surface area contributed by atoms with Crippen LogP contribution in [0.2, 0.25) is 0 Å². The minimum absolute atomic E-state index is 0.0163. The molecule has 130 valence electrons. The van der Waals surface area contributed by atoms with E-state index in [9.17, 15) is 18.5 Å². The Balaban J connectivity index is 1.76. The molecule has 0 spiro atoms. The van der Waals surface area contributed by atoms with E-state index in [0.29, 0.717) is 11.9 Å². The van der Waals surface area contributed by atoms with E-state index >= 15 is 0 Å².